The summed E-state index contributed by atoms with van der Waals surface area (Å²) in [6, 6.07) is 0. The predicted molar refractivity (Wildman–Crippen MR) is 82.3 cm³/mol. The third-order valence-corrected chi connectivity index (χ3v) is 4.75. The lowest BCUT2D eigenvalue weighted by atomic mass is 10.00. The molecule has 1 rings (SSSR count). The first-order valence-electron chi connectivity index (χ1n) is 7.63. The van der Waals surface area contributed by atoms with Crippen LogP contribution in [0.5, 0.6) is 0 Å². The molecule has 1 unspecified atom stereocenters. The molecule has 1 atom stereocenters. The van der Waals surface area contributed by atoms with Gasteiger partial charge < -0.3 is 10.1 Å². The first-order valence-corrected chi connectivity index (χ1v) is 9.48. The van der Waals surface area contributed by atoms with Crippen molar-refractivity contribution >= 4 is 10.0 Å². The van der Waals surface area contributed by atoms with Crippen LogP contribution in [0.25, 0.3) is 0 Å². The van der Waals surface area contributed by atoms with Gasteiger partial charge in [0.15, 0.2) is 0 Å². The Hall–Kier alpha value is -0.170. The molecular formula is C14H30N2O3S. The highest BCUT2D eigenvalue weighted by atomic mass is 32.2. The molecule has 0 amide bonds. The minimum atomic E-state index is -3.02. The van der Waals surface area contributed by atoms with Crippen molar-refractivity contribution in [2.45, 2.75) is 33.1 Å². The Morgan fingerprint density at radius 3 is 2.80 bits per heavy atom. The number of sulfonamides is 1. The zero-order valence-corrected chi connectivity index (χ0v) is 13.9. The molecule has 0 radical (unpaired) electrons. The van der Waals surface area contributed by atoms with E-state index in [1.807, 2.05) is 0 Å². The van der Waals surface area contributed by atoms with E-state index in [2.05, 4.69) is 19.2 Å². The maximum absolute atomic E-state index is 11.5. The van der Waals surface area contributed by atoms with Gasteiger partial charge in [-0.15, -0.1) is 0 Å². The third kappa shape index (κ3) is 7.57. The van der Waals surface area contributed by atoms with Crippen LogP contribution in [0.3, 0.4) is 0 Å². The lowest BCUT2D eigenvalue weighted by Crippen LogP contribution is -2.42. The summed E-state index contributed by atoms with van der Waals surface area (Å²) in [6.45, 7) is 9.10. The molecule has 1 aliphatic rings. The minimum absolute atomic E-state index is 0.440. The Labute approximate surface area is 124 Å². The van der Waals surface area contributed by atoms with Crippen molar-refractivity contribution < 1.29 is 13.2 Å². The quantitative estimate of drug-likeness (QED) is 0.653. The molecule has 0 aromatic heterocycles. The smallest absolute Gasteiger partial charge is 0.211 e. The topological polar surface area (TPSA) is 58.6 Å². The standard InChI is InChI=1S/C14H30N2O3S/c1-13(2)12-19-9-5-7-15-10-14-6-4-8-16(11-14)20(3,17)18/h13-15H,4-12H2,1-3H3. The van der Waals surface area contributed by atoms with Gasteiger partial charge in [0, 0.05) is 26.3 Å². The number of piperidine rings is 1. The fourth-order valence-electron chi connectivity index (χ4n) is 2.42. The van der Waals surface area contributed by atoms with E-state index < -0.39 is 10.0 Å². The van der Waals surface area contributed by atoms with Gasteiger partial charge in [-0.2, -0.15) is 0 Å². The summed E-state index contributed by atoms with van der Waals surface area (Å²) < 4.78 is 30.2. The molecule has 1 N–H and O–H groups in total. The number of nitrogens with zero attached hydrogens (tertiary/aromatic N) is 1. The van der Waals surface area contributed by atoms with Gasteiger partial charge in [-0.3, -0.25) is 0 Å². The van der Waals surface area contributed by atoms with Crippen molar-refractivity contribution in [2.24, 2.45) is 11.8 Å². The monoisotopic (exact) mass is 306 g/mol. The molecule has 0 bridgehead atoms. The average molecular weight is 306 g/mol. The van der Waals surface area contributed by atoms with Crippen LogP contribution in [0.2, 0.25) is 0 Å². The van der Waals surface area contributed by atoms with Crippen molar-refractivity contribution in [3.05, 3.63) is 0 Å². The highest BCUT2D eigenvalue weighted by Gasteiger charge is 2.25. The van der Waals surface area contributed by atoms with Gasteiger partial charge in [-0.25, -0.2) is 12.7 Å². The summed E-state index contributed by atoms with van der Waals surface area (Å²) in [5, 5.41) is 3.41. The Morgan fingerprint density at radius 1 is 1.40 bits per heavy atom. The summed E-state index contributed by atoms with van der Waals surface area (Å²) in [5.41, 5.74) is 0. The lowest BCUT2D eigenvalue weighted by Gasteiger charge is -2.31. The molecule has 0 spiro atoms. The van der Waals surface area contributed by atoms with Gasteiger partial charge in [0.1, 0.15) is 0 Å². The number of hydrogen-bond donors (Lipinski definition) is 1. The second kappa shape index (κ2) is 8.97. The van der Waals surface area contributed by atoms with Crippen LogP contribution >= 0.6 is 0 Å². The largest absolute Gasteiger partial charge is 0.381 e. The molecule has 1 aliphatic heterocycles. The lowest BCUT2D eigenvalue weighted by molar-refractivity contribution is 0.107. The average Bonchev–Trinajstić information content (AvgIpc) is 2.36. The zero-order chi connectivity index (χ0) is 15.0. The van der Waals surface area contributed by atoms with Crippen LogP contribution in [-0.2, 0) is 14.8 Å². The molecule has 5 nitrogen and oxygen atoms in total. The first kappa shape index (κ1) is 17.9. The van der Waals surface area contributed by atoms with E-state index in [0.29, 0.717) is 24.9 Å². The van der Waals surface area contributed by atoms with E-state index in [1.54, 1.807) is 4.31 Å². The fraction of sp³-hybridized carbons (Fsp3) is 1.00. The van der Waals surface area contributed by atoms with E-state index in [9.17, 15) is 8.42 Å². The van der Waals surface area contributed by atoms with Crippen molar-refractivity contribution in [1.29, 1.82) is 0 Å². The minimum Gasteiger partial charge on any atom is -0.381 e. The maximum atomic E-state index is 11.5. The summed E-state index contributed by atoms with van der Waals surface area (Å²) >= 11 is 0. The van der Waals surface area contributed by atoms with Gasteiger partial charge in [0.2, 0.25) is 10.0 Å². The number of ether oxygens (including phenoxy) is 1. The van der Waals surface area contributed by atoms with E-state index in [4.69, 9.17) is 4.74 Å². The van der Waals surface area contributed by atoms with Crippen molar-refractivity contribution in [3.63, 3.8) is 0 Å². The first-order chi connectivity index (χ1) is 9.39. The van der Waals surface area contributed by atoms with Gasteiger partial charge in [0.25, 0.3) is 0 Å². The molecule has 0 aromatic rings. The van der Waals surface area contributed by atoms with Gasteiger partial charge in [-0.1, -0.05) is 13.8 Å². The van der Waals surface area contributed by atoms with E-state index in [-0.39, 0.29) is 0 Å². The Bertz CT molecular complexity index is 357. The third-order valence-electron chi connectivity index (χ3n) is 3.48. The molecule has 1 heterocycles. The highest BCUT2D eigenvalue weighted by molar-refractivity contribution is 7.88. The number of hydrogen-bond acceptors (Lipinski definition) is 4. The number of nitrogens with one attached hydrogen (secondary N) is 1. The summed E-state index contributed by atoms with van der Waals surface area (Å²) in [6.07, 6.45) is 4.39. The maximum Gasteiger partial charge on any atom is 0.211 e. The highest BCUT2D eigenvalue weighted by Crippen LogP contribution is 2.17. The molecule has 0 saturated carbocycles. The van der Waals surface area contributed by atoms with Gasteiger partial charge in [0.05, 0.1) is 6.26 Å². The van der Waals surface area contributed by atoms with E-state index >= 15 is 0 Å². The van der Waals surface area contributed by atoms with Gasteiger partial charge >= 0.3 is 0 Å². The molecule has 0 aromatic carbocycles. The number of rotatable bonds is 9. The van der Waals surface area contributed by atoms with E-state index in [1.165, 1.54) is 6.26 Å². The Kier molecular flexibility index (Phi) is 8.02. The van der Waals surface area contributed by atoms with Crippen molar-refractivity contribution in [1.82, 2.24) is 9.62 Å². The second-order valence-electron chi connectivity index (χ2n) is 6.16. The molecule has 1 fully saturated rings. The predicted octanol–water partition coefficient (Wildman–Crippen LogP) is 1.31. The molecule has 1 saturated heterocycles. The summed E-state index contributed by atoms with van der Waals surface area (Å²) in [5.74, 6) is 1.03. The van der Waals surface area contributed by atoms with Crippen LogP contribution in [0.4, 0.5) is 0 Å². The van der Waals surface area contributed by atoms with Crippen LogP contribution < -0.4 is 5.32 Å². The zero-order valence-electron chi connectivity index (χ0n) is 13.1. The van der Waals surface area contributed by atoms with Crippen LogP contribution in [0.15, 0.2) is 0 Å². The fourth-order valence-corrected chi connectivity index (χ4v) is 3.36. The van der Waals surface area contributed by atoms with E-state index in [0.717, 1.165) is 45.6 Å². The van der Waals surface area contributed by atoms with Gasteiger partial charge in [-0.05, 0) is 44.2 Å². The molecule has 120 valence electrons. The molecule has 20 heavy (non-hydrogen) atoms. The Morgan fingerprint density at radius 2 is 2.15 bits per heavy atom. The summed E-state index contributed by atoms with van der Waals surface area (Å²) in [4.78, 5) is 0. The molecule has 6 heteroatoms. The van der Waals surface area contributed by atoms with Crippen LogP contribution in [-0.4, -0.2) is 58.4 Å². The normalized spacial score (nSPS) is 21.5. The van der Waals surface area contributed by atoms with Crippen LogP contribution in [0.1, 0.15) is 33.1 Å². The molecule has 0 aliphatic carbocycles. The SMILES string of the molecule is CC(C)COCCCNCC1CCCN(S(C)(=O)=O)C1. The second-order valence-corrected chi connectivity index (χ2v) is 8.14. The van der Waals surface area contributed by atoms with Crippen LogP contribution in [0, 0.1) is 11.8 Å². The molecular weight excluding hydrogens is 276 g/mol. The van der Waals surface area contributed by atoms with Crippen molar-refractivity contribution in [3.8, 4) is 0 Å². The van der Waals surface area contributed by atoms with Crippen molar-refractivity contribution in [2.75, 3.05) is 45.6 Å². The Balaban J connectivity index is 2.07. The summed E-state index contributed by atoms with van der Waals surface area (Å²) in [7, 11) is -3.02.